The number of imide groups is 1. The van der Waals surface area contributed by atoms with Gasteiger partial charge in [-0.1, -0.05) is 6.07 Å². The van der Waals surface area contributed by atoms with Crippen molar-refractivity contribution in [1.82, 2.24) is 10.2 Å². The maximum atomic E-state index is 11.8. The first-order valence-electron chi connectivity index (χ1n) is 6.25. The third-order valence-electron chi connectivity index (χ3n) is 3.32. The minimum Gasteiger partial charge on any atom is -0.376 e. The number of anilines is 1. The molecule has 1 aromatic carbocycles. The maximum Gasteiger partial charge on any atom is 0.324 e. The summed E-state index contributed by atoms with van der Waals surface area (Å²) in [6.07, 6.45) is 0. The monoisotopic (exact) mass is 261 g/mol. The zero-order chi connectivity index (χ0) is 13.2. The lowest BCUT2D eigenvalue weighted by Gasteiger charge is -2.13. The molecule has 2 heterocycles. The van der Waals surface area contributed by atoms with Crippen LogP contribution in [0.2, 0.25) is 0 Å². The van der Waals surface area contributed by atoms with E-state index < -0.39 is 0 Å². The molecule has 6 heteroatoms. The molecule has 0 radical (unpaired) electrons. The first-order chi connectivity index (χ1) is 9.24. The SMILES string of the molecule is O=C(CNc1ccc2c(c1)COC2)N1CCNC1=O. The zero-order valence-corrected chi connectivity index (χ0v) is 10.4. The van der Waals surface area contributed by atoms with E-state index in [0.29, 0.717) is 26.3 Å². The van der Waals surface area contributed by atoms with E-state index in [2.05, 4.69) is 10.6 Å². The molecule has 6 nitrogen and oxygen atoms in total. The summed E-state index contributed by atoms with van der Waals surface area (Å²) in [6, 6.07) is 5.59. The van der Waals surface area contributed by atoms with Crippen molar-refractivity contribution < 1.29 is 14.3 Å². The molecule has 2 aliphatic heterocycles. The normalized spacial score (nSPS) is 17.3. The molecule has 0 spiro atoms. The number of nitrogens with one attached hydrogen (secondary N) is 2. The molecule has 1 fully saturated rings. The number of carbonyl (C=O) groups excluding carboxylic acids is 2. The molecule has 2 N–H and O–H groups in total. The lowest BCUT2D eigenvalue weighted by atomic mass is 10.1. The van der Waals surface area contributed by atoms with E-state index in [9.17, 15) is 9.59 Å². The number of carbonyl (C=O) groups is 2. The van der Waals surface area contributed by atoms with E-state index in [1.165, 1.54) is 10.5 Å². The van der Waals surface area contributed by atoms with Gasteiger partial charge in [0.1, 0.15) is 0 Å². The van der Waals surface area contributed by atoms with Crippen molar-refractivity contribution in [3.8, 4) is 0 Å². The van der Waals surface area contributed by atoms with E-state index in [4.69, 9.17) is 4.74 Å². The summed E-state index contributed by atoms with van der Waals surface area (Å²) in [5.41, 5.74) is 3.21. The number of hydrogen-bond acceptors (Lipinski definition) is 4. The van der Waals surface area contributed by atoms with Crippen LogP contribution in [0.15, 0.2) is 18.2 Å². The molecule has 2 aliphatic rings. The summed E-state index contributed by atoms with van der Waals surface area (Å²) in [5, 5.41) is 5.65. The van der Waals surface area contributed by atoms with Crippen LogP contribution in [0, 0.1) is 0 Å². The number of benzene rings is 1. The van der Waals surface area contributed by atoms with Gasteiger partial charge >= 0.3 is 6.03 Å². The molecule has 100 valence electrons. The van der Waals surface area contributed by atoms with Crippen LogP contribution in [0.5, 0.6) is 0 Å². The van der Waals surface area contributed by atoms with Gasteiger partial charge in [-0.25, -0.2) is 4.79 Å². The summed E-state index contributed by atoms with van der Waals surface area (Å²) < 4.78 is 5.33. The number of nitrogens with zero attached hydrogens (tertiary/aromatic N) is 1. The van der Waals surface area contributed by atoms with Crippen molar-refractivity contribution in [2.75, 3.05) is 25.0 Å². The molecule has 0 aliphatic carbocycles. The van der Waals surface area contributed by atoms with Crippen LogP contribution in [0.3, 0.4) is 0 Å². The fourth-order valence-corrected chi connectivity index (χ4v) is 2.26. The number of fused-ring (bicyclic) bond motifs is 1. The topological polar surface area (TPSA) is 70.7 Å². The molecule has 0 bridgehead atoms. The molecule has 3 rings (SSSR count). The Morgan fingerprint density at radius 2 is 2.21 bits per heavy atom. The Kier molecular flexibility index (Phi) is 3.08. The molecule has 0 saturated carbocycles. The fourth-order valence-electron chi connectivity index (χ4n) is 2.26. The van der Waals surface area contributed by atoms with Crippen LogP contribution in [-0.4, -0.2) is 36.5 Å². The highest BCUT2D eigenvalue weighted by molar-refractivity contribution is 5.97. The van der Waals surface area contributed by atoms with Gasteiger partial charge in [0.2, 0.25) is 5.91 Å². The average molecular weight is 261 g/mol. The minimum atomic E-state index is -0.311. The Bertz CT molecular complexity index is 530. The van der Waals surface area contributed by atoms with E-state index in [1.54, 1.807) is 0 Å². The lowest BCUT2D eigenvalue weighted by Crippen LogP contribution is -2.38. The van der Waals surface area contributed by atoms with E-state index in [1.807, 2.05) is 18.2 Å². The first kappa shape index (κ1) is 12.0. The molecular weight excluding hydrogens is 246 g/mol. The predicted octanol–water partition coefficient (Wildman–Crippen LogP) is 0.681. The first-order valence-corrected chi connectivity index (χ1v) is 6.25. The summed E-state index contributed by atoms with van der Waals surface area (Å²) in [5.74, 6) is -0.216. The lowest BCUT2D eigenvalue weighted by molar-refractivity contribution is -0.125. The van der Waals surface area contributed by atoms with Crippen LogP contribution in [0.1, 0.15) is 11.1 Å². The molecule has 0 atom stereocenters. The summed E-state index contributed by atoms with van der Waals surface area (Å²) in [7, 11) is 0. The van der Waals surface area contributed by atoms with Gasteiger partial charge in [0.15, 0.2) is 0 Å². The highest BCUT2D eigenvalue weighted by atomic mass is 16.5. The quantitative estimate of drug-likeness (QED) is 0.839. The Hall–Kier alpha value is -2.08. The second-order valence-corrected chi connectivity index (χ2v) is 4.61. The van der Waals surface area contributed by atoms with E-state index in [0.717, 1.165) is 11.3 Å². The Morgan fingerprint density at radius 3 is 3.00 bits per heavy atom. The van der Waals surface area contributed by atoms with Crippen LogP contribution < -0.4 is 10.6 Å². The van der Waals surface area contributed by atoms with Gasteiger partial charge in [0, 0.05) is 18.8 Å². The average Bonchev–Trinajstić information content (AvgIpc) is 3.03. The highest BCUT2D eigenvalue weighted by Gasteiger charge is 2.25. The Balaban J connectivity index is 1.60. The third-order valence-corrected chi connectivity index (χ3v) is 3.32. The Morgan fingerprint density at radius 1 is 1.37 bits per heavy atom. The molecule has 19 heavy (non-hydrogen) atoms. The minimum absolute atomic E-state index is 0.118. The standard InChI is InChI=1S/C13H15N3O3/c17-12(16-4-3-14-13(16)18)6-15-11-2-1-9-7-19-8-10(9)5-11/h1-2,5,15H,3-4,6-8H2,(H,14,18). The number of urea groups is 1. The molecule has 1 aromatic rings. The van der Waals surface area contributed by atoms with Crippen LogP contribution >= 0.6 is 0 Å². The predicted molar refractivity (Wildman–Crippen MR) is 68.5 cm³/mol. The largest absolute Gasteiger partial charge is 0.376 e. The zero-order valence-electron chi connectivity index (χ0n) is 10.4. The van der Waals surface area contributed by atoms with Crippen molar-refractivity contribution in [3.63, 3.8) is 0 Å². The van der Waals surface area contributed by atoms with Gasteiger partial charge in [0.25, 0.3) is 0 Å². The van der Waals surface area contributed by atoms with E-state index >= 15 is 0 Å². The van der Waals surface area contributed by atoms with Crippen LogP contribution in [-0.2, 0) is 22.7 Å². The molecule has 0 aromatic heterocycles. The highest BCUT2D eigenvalue weighted by Crippen LogP contribution is 2.23. The number of ether oxygens (including phenoxy) is 1. The second-order valence-electron chi connectivity index (χ2n) is 4.61. The van der Waals surface area contributed by atoms with Crippen molar-refractivity contribution in [3.05, 3.63) is 29.3 Å². The van der Waals surface area contributed by atoms with Gasteiger partial charge < -0.3 is 15.4 Å². The smallest absolute Gasteiger partial charge is 0.324 e. The van der Waals surface area contributed by atoms with Crippen molar-refractivity contribution in [1.29, 1.82) is 0 Å². The van der Waals surface area contributed by atoms with Crippen LogP contribution in [0.4, 0.5) is 10.5 Å². The summed E-state index contributed by atoms with van der Waals surface area (Å²) in [4.78, 5) is 24.4. The van der Waals surface area contributed by atoms with Crippen LogP contribution in [0.25, 0.3) is 0 Å². The van der Waals surface area contributed by atoms with Crippen molar-refractivity contribution in [2.45, 2.75) is 13.2 Å². The number of hydrogen-bond donors (Lipinski definition) is 2. The van der Waals surface area contributed by atoms with Crippen molar-refractivity contribution in [2.24, 2.45) is 0 Å². The van der Waals surface area contributed by atoms with Gasteiger partial charge in [-0.3, -0.25) is 9.69 Å². The van der Waals surface area contributed by atoms with Gasteiger partial charge in [-0.2, -0.15) is 0 Å². The second kappa shape index (κ2) is 4.89. The molecule has 1 saturated heterocycles. The van der Waals surface area contributed by atoms with Crippen molar-refractivity contribution >= 4 is 17.6 Å². The van der Waals surface area contributed by atoms with Gasteiger partial charge in [-0.05, 0) is 23.3 Å². The van der Waals surface area contributed by atoms with Gasteiger partial charge in [-0.15, -0.1) is 0 Å². The summed E-state index contributed by atoms with van der Waals surface area (Å²) >= 11 is 0. The molecule has 0 unspecified atom stereocenters. The Labute approximate surface area is 110 Å². The van der Waals surface area contributed by atoms with E-state index in [-0.39, 0.29) is 18.5 Å². The summed E-state index contributed by atoms with van der Waals surface area (Å²) in [6.45, 7) is 2.36. The number of amides is 3. The van der Waals surface area contributed by atoms with Gasteiger partial charge in [0.05, 0.1) is 19.8 Å². The fraction of sp³-hybridized carbons (Fsp3) is 0.385. The molecular formula is C13H15N3O3. The number of rotatable bonds is 3. The maximum absolute atomic E-state index is 11.8. The molecule has 3 amide bonds. The third kappa shape index (κ3) is 2.39.